The molecule has 0 unspecified atom stereocenters. The van der Waals surface area contributed by atoms with Crippen molar-refractivity contribution >= 4 is 5.91 Å². The zero-order valence-electron chi connectivity index (χ0n) is 15.8. The van der Waals surface area contributed by atoms with E-state index in [-0.39, 0.29) is 11.9 Å². The fourth-order valence-corrected chi connectivity index (χ4v) is 4.40. The second-order valence-corrected chi connectivity index (χ2v) is 7.66. The van der Waals surface area contributed by atoms with E-state index in [9.17, 15) is 4.79 Å². The molecule has 5 nitrogen and oxygen atoms in total. The number of piperidine rings is 1. The molecule has 0 radical (unpaired) electrons. The van der Waals surface area contributed by atoms with Crippen molar-refractivity contribution in [2.75, 3.05) is 19.6 Å². The number of rotatable bonds is 3. The van der Waals surface area contributed by atoms with E-state index < -0.39 is 0 Å². The zero-order chi connectivity index (χ0) is 18.1. The van der Waals surface area contributed by atoms with Crippen molar-refractivity contribution in [3.05, 3.63) is 53.6 Å². The molecule has 2 aliphatic rings. The van der Waals surface area contributed by atoms with Crippen molar-refractivity contribution in [2.45, 2.75) is 44.7 Å². The third-order valence-corrected chi connectivity index (χ3v) is 6.10. The Morgan fingerprint density at radius 1 is 1.15 bits per heavy atom. The molecule has 0 spiro atoms. The molecule has 0 bridgehead atoms. The van der Waals surface area contributed by atoms with Gasteiger partial charge in [0.2, 0.25) is 5.91 Å². The highest BCUT2D eigenvalue weighted by atomic mass is 16.2. The molecule has 1 fully saturated rings. The number of carbonyl (C=O) groups is 1. The second-order valence-electron chi connectivity index (χ2n) is 7.66. The number of aromatic nitrogens is 2. The van der Waals surface area contributed by atoms with Crippen LogP contribution in [-0.4, -0.2) is 50.9 Å². The minimum Gasteiger partial charge on any atom is -0.341 e. The van der Waals surface area contributed by atoms with Gasteiger partial charge in [-0.05, 0) is 37.3 Å². The summed E-state index contributed by atoms with van der Waals surface area (Å²) in [6, 6.07) is 8.55. The van der Waals surface area contributed by atoms with Crippen LogP contribution >= 0.6 is 0 Å². The summed E-state index contributed by atoms with van der Waals surface area (Å²) in [5, 5.41) is 0. The summed E-state index contributed by atoms with van der Waals surface area (Å²) in [7, 11) is 2.05. The van der Waals surface area contributed by atoms with Gasteiger partial charge in [0.15, 0.2) is 0 Å². The first kappa shape index (κ1) is 17.3. The number of hydrogen-bond acceptors (Lipinski definition) is 3. The van der Waals surface area contributed by atoms with Gasteiger partial charge in [-0.1, -0.05) is 24.3 Å². The highest BCUT2D eigenvalue weighted by Crippen LogP contribution is 2.28. The number of fused-ring (bicyclic) bond motifs is 1. The van der Waals surface area contributed by atoms with Gasteiger partial charge >= 0.3 is 0 Å². The first-order valence-corrected chi connectivity index (χ1v) is 9.70. The molecule has 1 aromatic carbocycles. The third kappa shape index (κ3) is 3.28. The van der Waals surface area contributed by atoms with E-state index in [1.165, 1.54) is 11.1 Å². The SMILES string of the molecule is C[C@H](C(=O)N1CCC(c2nccn2C)CC1)N1CCc2ccccc2C1. The molecule has 2 aliphatic heterocycles. The molecule has 26 heavy (non-hydrogen) atoms. The van der Waals surface area contributed by atoms with Crippen molar-refractivity contribution in [3.8, 4) is 0 Å². The standard InChI is InChI=1S/C21H28N4O/c1-16(25-13-7-17-5-3-4-6-19(17)15-25)21(26)24-11-8-18(9-12-24)20-22-10-14-23(20)2/h3-6,10,14,16,18H,7-9,11-13,15H2,1-2H3/t16-/m1/s1. The average molecular weight is 352 g/mol. The van der Waals surface area contributed by atoms with Crippen LogP contribution in [0, 0.1) is 0 Å². The van der Waals surface area contributed by atoms with Crippen LogP contribution < -0.4 is 0 Å². The minimum absolute atomic E-state index is 0.0481. The maximum atomic E-state index is 13.0. The molecular weight excluding hydrogens is 324 g/mol. The quantitative estimate of drug-likeness (QED) is 0.853. The minimum atomic E-state index is -0.0481. The highest BCUT2D eigenvalue weighted by Gasteiger charge is 2.31. The summed E-state index contributed by atoms with van der Waals surface area (Å²) >= 11 is 0. The molecular formula is C21H28N4O. The van der Waals surface area contributed by atoms with E-state index in [4.69, 9.17) is 0 Å². The first-order chi connectivity index (χ1) is 12.6. The average Bonchev–Trinajstić information content (AvgIpc) is 3.12. The van der Waals surface area contributed by atoms with Crippen LogP contribution in [0.15, 0.2) is 36.7 Å². The third-order valence-electron chi connectivity index (χ3n) is 6.10. The number of amides is 1. The Morgan fingerprint density at radius 3 is 2.58 bits per heavy atom. The van der Waals surface area contributed by atoms with Gasteiger partial charge in [-0.15, -0.1) is 0 Å². The number of nitrogens with zero attached hydrogens (tertiary/aromatic N) is 4. The zero-order valence-corrected chi connectivity index (χ0v) is 15.8. The van der Waals surface area contributed by atoms with Crippen LogP contribution in [0.3, 0.4) is 0 Å². The molecule has 4 rings (SSSR count). The fraction of sp³-hybridized carbons (Fsp3) is 0.524. The van der Waals surface area contributed by atoms with E-state index in [1.54, 1.807) is 0 Å². The van der Waals surface area contributed by atoms with E-state index in [0.717, 1.165) is 51.3 Å². The van der Waals surface area contributed by atoms with Crippen LogP contribution in [-0.2, 0) is 24.8 Å². The van der Waals surface area contributed by atoms with Gasteiger partial charge in [0.05, 0.1) is 6.04 Å². The molecule has 0 aliphatic carbocycles. The Bertz CT molecular complexity index is 776. The summed E-state index contributed by atoms with van der Waals surface area (Å²) in [6.45, 7) is 5.60. The van der Waals surface area contributed by atoms with Crippen molar-refractivity contribution in [2.24, 2.45) is 7.05 Å². The molecule has 1 atom stereocenters. The number of benzene rings is 1. The van der Waals surface area contributed by atoms with Crippen LogP contribution in [0.5, 0.6) is 0 Å². The van der Waals surface area contributed by atoms with Crippen molar-refractivity contribution in [1.82, 2.24) is 19.4 Å². The summed E-state index contributed by atoms with van der Waals surface area (Å²) in [5.74, 6) is 1.90. The molecule has 3 heterocycles. The van der Waals surface area contributed by atoms with Crippen LogP contribution in [0.4, 0.5) is 0 Å². The summed E-state index contributed by atoms with van der Waals surface area (Å²) in [4.78, 5) is 21.9. The monoisotopic (exact) mass is 352 g/mol. The van der Waals surface area contributed by atoms with E-state index in [0.29, 0.717) is 5.92 Å². The number of hydrogen-bond donors (Lipinski definition) is 0. The number of likely N-dealkylation sites (tertiary alicyclic amines) is 1. The fourth-order valence-electron chi connectivity index (χ4n) is 4.40. The molecule has 0 saturated carbocycles. The Balaban J connectivity index is 1.36. The van der Waals surface area contributed by atoms with Gasteiger partial charge in [0.1, 0.15) is 5.82 Å². The lowest BCUT2D eigenvalue weighted by Gasteiger charge is -2.38. The number of imidazole rings is 1. The van der Waals surface area contributed by atoms with Gasteiger partial charge in [0.25, 0.3) is 0 Å². The van der Waals surface area contributed by atoms with Gasteiger partial charge in [-0.3, -0.25) is 9.69 Å². The van der Waals surface area contributed by atoms with Crippen molar-refractivity contribution < 1.29 is 4.79 Å². The van der Waals surface area contributed by atoms with Crippen LogP contribution in [0.2, 0.25) is 0 Å². The first-order valence-electron chi connectivity index (χ1n) is 9.70. The van der Waals surface area contributed by atoms with Crippen molar-refractivity contribution in [3.63, 3.8) is 0 Å². The van der Waals surface area contributed by atoms with Gasteiger partial charge in [-0.25, -0.2) is 4.98 Å². The van der Waals surface area contributed by atoms with E-state index >= 15 is 0 Å². The lowest BCUT2D eigenvalue weighted by molar-refractivity contribution is -0.137. The van der Waals surface area contributed by atoms with Crippen LogP contribution in [0.1, 0.15) is 42.6 Å². The van der Waals surface area contributed by atoms with Crippen molar-refractivity contribution in [1.29, 1.82) is 0 Å². The molecule has 138 valence electrons. The lowest BCUT2D eigenvalue weighted by Crippen LogP contribution is -2.50. The Hall–Kier alpha value is -2.14. The van der Waals surface area contributed by atoms with Gasteiger partial charge in [-0.2, -0.15) is 0 Å². The van der Waals surface area contributed by atoms with Crippen LogP contribution in [0.25, 0.3) is 0 Å². The Morgan fingerprint density at radius 2 is 1.88 bits per heavy atom. The second kappa shape index (κ2) is 7.23. The summed E-state index contributed by atoms with van der Waals surface area (Å²) in [5.41, 5.74) is 2.80. The Kier molecular flexibility index (Phi) is 4.81. The molecule has 1 aromatic heterocycles. The highest BCUT2D eigenvalue weighted by molar-refractivity contribution is 5.81. The molecule has 1 saturated heterocycles. The number of aryl methyl sites for hydroxylation is 1. The topological polar surface area (TPSA) is 41.4 Å². The van der Waals surface area contributed by atoms with Gasteiger partial charge in [0, 0.05) is 51.5 Å². The van der Waals surface area contributed by atoms with E-state index in [2.05, 4.69) is 57.6 Å². The normalized spacial score (nSPS) is 20.0. The smallest absolute Gasteiger partial charge is 0.239 e. The number of carbonyl (C=O) groups excluding carboxylic acids is 1. The van der Waals surface area contributed by atoms with E-state index in [1.807, 2.05) is 12.4 Å². The maximum Gasteiger partial charge on any atom is 0.239 e. The predicted octanol–water partition coefficient (Wildman–Crippen LogP) is 2.57. The van der Waals surface area contributed by atoms with Gasteiger partial charge < -0.3 is 9.47 Å². The summed E-state index contributed by atoms with van der Waals surface area (Å²) in [6.07, 6.45) is 6.92. The molecule has 5 heteroatoms. The lowest BCUT2D eigenvalue weighted by atomic mass is 9.95. The molecule has 0 N–H and O–H groups in total. The summed E-state index contributed by atoms with van der Waals surface area (Å²) < 4.78 is 2.11. The Labute approximate surface area is 155 Å². The molecule has 2 aromatic rings. The largest absolute Gasteiger partial charge is 0.341 e. The predicted molar refractivity (Wildman–Crippen MR) is 102 cm³/mol. The maximum absolute atomic E-state index is 13.0. The molecule has 1 amide bonds.